The highest BCUT2D eigenvalue weighted by atomic mass is 79.9. The number of aromatic amines is 1. The van der Waals surface area contributed by atoms with E-state index in [4.69, 9.17) is 4.74 Å². The average molecular weight is 451 g/mol. The lowest BCUT2D eigenvalue weighted by Crippen LogP contribution is -2.36. The number of hydrogen-bond donors (Lipinski definition) is 2. The minimum atomic E-state index is -2.69. The number of carbonyl (C=O) groups is 1. The number of aromatic nitrogens is 2. The van der Waals surface area contributed by atoms with E-state index in [0.717, 1.165) is 23.2 Å². The molecule has 28 heavy (non-hydrogen) atoms. The van der Waals surface area contributed by atoms with Crippen LogP contribution in [0.3, 0.4) is 0 Å². The highest BCUT2D eigenvalue weighted by Gasteiger charge is 2.18. The van der Waals surface area contributed by atoms with Gasteiger partial charge in [-0.15, -0.1) is 0 Å². The molecule has 1 fully saturated rings. The van der Waals surface area contributed by atoms with Crippen molar-refractivity contribution in [3.05, 3.63) is 52.3 Å². The molecule has 1 aliphatic rings. The second kappa shape index (κ2) is 7.84. The Bertz CT molecular complexity index is 1020. The number of benzene rings is 2. The summed E-state index contributed by atoms with van der Waals surface area (Å²) in [5.41, 5.74) is 2.71. The highest BCUT2D eigenvalue weighted by molar-refractivity contribution is 9.10. The van der Waals surface area contributed by atoms with Gasteiger partial charge in [0.25, 0.3) is 12.3 Å². The molecule has 1 amide bonds. The molecule has 9 heteroatoms. The fraction of sp³-hybridized carbons (Fsp3) is 0.263. The smallest absolute Gasteiger partial charge is 0.295 e. The van der Waals surface area contributed by atoms with Crippen LogP contribution in [-0.2, 0) is 4.74 Å². The van der Waals surface area contributed by atoms with Crippen molar-refractivity contribution in [2.75, 3.05) is 36.5 Å². The van der Waals surface area contributed by atoms with Crippen LogP contribution in [0.1, 0.15) is 22.6 Å². The van der Waals surface area contributed by atoms with Gasteiger partial charge < -0.3 is 19.9 Å². The number of anilines is 2. The van der Waals surface area contributed by atoms with Crippen LogP contribution in [0.5, 0.6) is 0 Å². The van der Waals surface area contributed by atoms with Crippen LogP contribution < -0.4 is 10.2 Å². The Balaban J connectivity index is 1.61. The Kier molecular flexibility index (Phi) is 5.27. The first-order chi connectivity index (χ1) is 13.5. The van der Waals surface area contributed by atoms with E-state index in [0.29, 0.717) is 35.5 Å². The number of fused-ring (bicyclic) bond motifs is 1. The fourth-order valence-corrected chi connectivity index (χ4v) is 3.52. The van der Waals surface area contributed by atoms with Crippen LogP contribution in [0.4, 0.5) is 20.2 Å². The Morgan fingerprint density at radius 3 is 2.75 bits per heavy atom. The molecule has 0 saturated carbocycles. The van der Waals surface area contributed by atoms with Crippen LogP contribution >= 0.6 is 15.9 Å². The number of H-pyrrole nitrogens is 1. The summed E-state index contributed by atoms with van der Waals surface area (Å²) in [4.78, 5) is 21.3. The first kappa shape index (κ1) is 18.8. The third-order valence-electron chi connectivity index (χ3n) is 4.53. The van der Waals surface area contributed by atoms with Gasteiger partial charge in [-0.1, -0.05) is 15.9 Å². The third-order valence-corrected chi connectivity index (χ3v) is 5.02. The SMILES string of the molecule is O=C(Nc1cc(Br)ccc1N1CCOCC1)c1ccc2nc(C(F)F)[nH]c2c1. The molecule has 1 saturated heterocycles. The lowest BCUT2D eigenvalue weighted by Gasteiger charge is -2.30. The van der Waals surface area contributed by atoms with Crippen LogP contribution in [0.25, 0.3) is 11.0 Å². The molecular formula is C19H17BrF2N4O2. The number of rotatable bonds is 4. The van der Waals surface area contributed by atoms with Crippen molar-refractivity contribution in [2.24, 2.45) is 0 Å². The Morgan fingerprint density at radius 1 is 1.21 bits per heavy atom. The third kappa shape index (κ3) is 3.85. The molecular weight excluding hydrogens is 434 g/mol. The van der Waals surface area contributed by atoms with Crippen molar-refractivity contribution in [1.29, 1.82) is 0 Å². The molecule has 3 aromatic rings. The standard InChI is InChI=1S/C19H17BrF2N4O2/c20-12-2-4-16(26-5-7-28-8-6-26)15(10-12)25-19(27)11-1-3-13-14(9-11)24-18(23-13)17(21)22/h1-4,9-10,17H,5-8H2,(H,23,24)(H,25,27). The van der Waals surface area contributed by atoms with Crippen molar-refractivity contribution in [3.8, 4) is 0 Å². The summed E-state index contributed by atoms with van der Waals surface area (Å²) < 4.78 is 31.9. The molecule has 4 rings (SSSR count). The molecule has 0 spiro atoms. The van der Waals surface area contributed by atoms with E-state index in [1.54, 1.807) is 12.1 Å². The number of amides is 1. The van der Waals surface area contributed by atoms with Gasteiger partial charge in [0.2, 0.25) is 0 Å². The molecule has 0 bridgehead atoms. The number of alkyl halides is 2. The second-order valence-electron chi connectivity index (χ2n) is 6.37. The van der Waals surface area contributed by atoms with Gasteiger partial charge in [0.15, 0.2) is 5.82 Å². The summed E-state index contributed by atoms with van der Waals surface area (Å²) in [5, 5.41) is 2.93. The van der Waals surface area contributed by atoms with E-state index >= 15 is 0 Å². The first-order valence-electron chi connectivity index (χ1n) is 8.72. The van der Waals surface area contributed by atoms with E-state index in [1.165, 1.54) is 6.07 Å². The molecule has 1 aromatic heterocycles. The fourth-order valence-electron chi connectivity index (χ4n) is 3.16. The zero-order valence-electron chi connectivity index (χ0n) is 14.7. The minimum Gasteiger partial charge on any atom is -0.378 e. The van der Waals surface area contributed by atoms with Gasteiger partial charge in [0, 0.05) is 23.1 Å². The molecule has 0 aliphatic carbocycles. The minimum absolute atomic E-state index is 0.331. The highest BCUT2D eigenvalue weighted by Crippen LogP contribution is 2.30. The van der Waals surface area contributed by atoms with Crippen molar-refractivity contribution >= 4 is 44.2 Å². The number of ether oxygens (including phenoxy) is 1. The summed E-state index contributed by atoms with van der Waals surface area (Å²) in [7, 11) is 0. The summed E-state index contributed by atoms with van der Waals surface area (Å²) in [6, 6.07) is 10.3. The van der Waals surface area contributed by atoms with E-state index in [2.05, 4.69) is 36.1 Å². The molecule has 2 aromatic carbocycles. The molecule has 1 aliphatic heterocycles. The lowest BCUT2D eigenvalue weighted by atomic mass is 10.1. The molecule has 0 unspecified atom stereocenters. The maximum atomic E-state index is 12.8. The average Bonchev–Trinajstić information content (AvgIpc) is 3.12. The molecule has 0 radical (unpaired) electrons. The van der Waals surface area contributed by atoms with Crippen molar-refractivity contribution in [3.63, 3.8) is 0 Å². The van der Waals surface area contributed by atoms with Gasteiger partial charge in [0.1, 0.15) is 0 Å². The van der Waals surface area contributed by atoms with Gasteiger partial charge in [-0.25, -0.2) is 13.8 Å². The van der Waals surface area contributed by atoms with Gasteiger partial charge in [-0.2, -0.15) is 0 Å². The predicted molar refractivity (Wildman–Crippen MR) is 106 cm³/mol. The normalized spacial score (nSPS) is 14.6. The number of halogens is 3. The monoisotopic (exact) mass is 450 g/mol. The van der Waals surface area contributed by atoms with E-state index in [1.807, 2.05) is 18.2 Å². The van der Waals surface area contributed by atoms with Gasteiger partial charge in [-0.05, 0) is 36.4 Å². The lowest BCUT2D eigenvalue weighted by molar-refractivity contribution is 0.102. The Morgan fingerprint density at radius 2 is 2.00 bits per heavy atom. The van der Waals surface area contributed by atoms with Crippen LogP contribution in [0, 0.1) is 0 Å². The van der Waals surface area contributed by atoms with Gasteiger partial charge in [-0.3, -0.25) is 4.79 Å². The number of carbonyl (C=O) groups excluding carboxylic acids is 1. The molecule has 2 N–H and O–H groups in total. The van der Waals surface area contributed by atoms with Crippen molar-refractivity contribution < 1.29 is 18.3 Å². The first-order valence-corrected chi connectivity index (χ1v) is 9.52. The Labute approximate surface area is 168 Å². The van der Waals surface area contributed by atoms with Crippen LogP contribution in [-0.4, -0.2) is 42.2 Å². The maximum Gasteiger partial charge on any atom is 0.295 e. The maximum absolute atomic E-state index is 12.8. The number of nitrogens with one attached hydrogen (secondary N) is 2. The Hall–Kier alpha value is -2.52. The molecule has 0 atom stereocenters. The zero-order chi connectivity index (χ0) is 19.7. The number of morpholine rings is 1. The van der Waals surface area contributed by atoms with Crippen LogP contribution in [0.15, 0.2) is 40.9 Å². The summed E-state index contributed by atoms with van der Waals surface area (Å²) >= 11 is 3.44. The van der Waals surface area contributed by atoms with Crippen LogP contribution in [0.2, 0.25) is 0 Å². The topological polar surface area (TPSA) is 70.2 Å². The van der Waals surface area contributed by atoms with Crippen molar-refractivity contribution in [1.82, 2.24) is 9.97 Å². The predicted octanol–water partition coefficient (Wildman–Crippen LogP) is 4.35. The van der Waals surface area contributed by atoms with Gasteiger partial charge >= 0.3 is 0 Å². The number of hydrogen-bond acceptors (Lipinski definition) is 4. The number of nitrogens with zero attached hydrogens (tertiary/aromatic N) is 2. The largest absolute Gasteiger partial charge is 0.378 e. The number of imidazole rings is 1. The van der Waals surface area contributed by atoms with E-state index < -0.39 is 12.2 Å². The quantitative estimate of drug-likeness (QED) is 0.619. The second-order valence-corrected chi connectivity index (χ2v) is 7.29. The summed E-state index contributed by atoms with van der Waals surface area (Å²) in [6.45, 7) is 2.74. The van der Waals surface area contributed by atoms with E-state index in [9.17, 15) is 13.6 Å². The summed E-state index contributed by atoms with van der Waals surface area (Å²) in [5.74, 6) is -0.739. The van der Waals surface area contributed by atoms with Gasteiger partial charge in [0.05, 0.1) is 35.6 Å². The zero-order valence-corrected chi connectivity index (χ0v) is 16.3. The van der Waals surface area contributed by atoms with E-state index in [-0.39, 0.29) is 5.91 Å². The molecule has 2 heterocycles. The van der Waals surface area contributed by atoms with Crippen molar-refractivity contribution in [2.45, 2.75) is 6.43 Å². The summed E-state index contributed by atoms with van der Waals surface area (Å²) in [6.07, 6.45) is -2.69. The molecule has 6 nitrogen and oxygen atoms in total. The molecule has 146 valence electrons.